The number of nitrogens with zero attached hydrogens (tertiary/aromatic N) is 1. The molecular formula is C15H20BrN3. The number of imidazole rings is 1. The highest BCUT2D eigenvalue weighted by Crippen LogP contribution is 2.24. The molecule has 4 heteroatoms. The zero-order valence-corrected chi connectivity index (χ0v) is 13.2. The number of aromatic nitrogens is 2. The van der Waals surface area contributed by atoms with Crippen LogP contribution >= 0.6 is 15.9 Å². The van der Waals surface area contributed by atoms with E-state index in [1.54, 1.807) is 0 Å². The first-order valence-corrected chi connectivity index (χ1v) is 7.37. The van der Waals surface area contributed by atoms with Crippen LogP contribution in [-0.2, 0) is 6.54 Å². The highest BCUT2D eigenvalue weighted by atomic mass is 79.9. The molecule has 0 spiro atoms. The van der Waals surface area contributed by atoms with Crippen molar-refractivity contribution < 1.29 is 0 Å². The van der Waals surface area contributed by atoms with Gasteiger partial charge in [0.2, 0.25) is 0 Å². The zero-order chi connectivity index (χ0) is 13.8. The van der Waals surface area contributed by atoms with Crippen molar-refractivity contribution in [1.29, 1.82) is 0 Å². The molecule has 19 heavy (non-hydrogen) atoms. The third kappa shape index (κ3) is 3.91. The van der Waals surface area contributed by atoms with Gasteiger partial charge in [-0.05, 0) is 31.5 Å². The quantitative estimate of drug-likeness (QED) is 0.877. The lowest BCUT2D eigenvalue weighted by atomic mass is 10.1. The molecule has 0 bridgehead atoms. The van der Waals surface area contributed by atoms with Crippen molar-refractivity contribution in [2.45, 2.75) is 27.3 Å². The minimum Gasteiger partial charge on any atom is -0.344 e. The minimum atomic E-state index is 0.653. The maximum atomic E-state index is 4.68. The van der Waals surface area contributed by atoms with Crippen molar-refractivity contribution in [2.24, 2.45) is 5.92 Å². The molecule has 0 fully saturated rings. The number of halogens is 1. The molecule has 0 radical (unpaired) electrons. The second-order valence-electron chi connectivity index (χ2n) is 5.19. The van der Waals surface area contributed by atoms with Gasteiger partial charge in [-0.3, -0.25) is 0 Å². The summed E-state index contributed by atoms with van der Waals surface area (Å²) in [5.74, 6) is 1.65. The first-order chi connectivity index (χ1) is 9.06. The lowest BCUT2D eigenvalue weighted by Gasteiger charge is -2.04. The van der Waals surface area contributed by atoms with Crippen LogP contribution in [0.2, 0.25) is 0 Å². The smallest absolute Gasteiger partial charge is 0.121 e. The highest BCUT2D eigenvalue weighted by molar-refractivity contribution is 9.10. The summed E-state index contributed by atoms with van der Waals surface area (Å²) in [6.45, 7) is 8.26. The van der Waals surface area contributed by atoms with Gasteiger partial charge in [0.1, 0.15) is 5.82 Å². The molecule has 3 nitrogen and oxygen atoms in total. The van der Waals surface area contributed by atoms with E-state index in [2.05, 4.69) is 64.1 Å². The van der Waals surface area contributed by atoms with E-state index in [1.165, 1.54) is 0 Å². The number of rotatable bonds is 5. The maximum absolute atomic E-state index is 4.68. The average Bonchev–Trinajstić information content (AvgIpc) is 2.70. The monoisotopic (exact) mass is 321 g/mol. The minimum absolute atomic E-state index is 0.653. The lowest BCUT2D eigenvalue weighted by molar-refractivity contribution is 0.544. The molecule has 0 unspecified atom stereocenters. The molecule has 0 saturated carbocycles. The van der Waals surface area contributed by atoms with E-state index >= 15 is 0 Å². The van der Waals surface area contributed by atoms with Gasteiger partial charge >= 0.3 is 0 Å². The fraction of sp³-hybridized carbons (Fsp3) is 0.400. The van der Waals surface area contributed by atoms with Crippen molar-refractivity contribution in [3.63, 3.8) is 0 Å². The topological polar surface area (TPSA) is 40.7 Å². The van der Waals surface area contributed by atoms with Crippen LogP contribution in [0.3, 0.4) is 0 Å². The highest BCUT2D eigenvalue weighted by Gasteiger charge is 2.09. The maximum Gasteiger partial charge on any atom is 0.121 e. The summed E-state index contributed by atoms with van der Waals surface area (Å²) < 4.78 is 1.08. The van der Waals surface area contributed by atoms with Crippen LogP contribution in [-0.4, -0.2) is 16.5 Å². The SMILES string of the molecule is Cc1[nH]c(CNCC(C)C)nc1-c1cccc(Br)c1. The lowest BCUT2D eigenvalue weighted by Crippen LogP contribution is -2.19. The Morgan fingerprint density at radius 2 is 2.16 bits per heavy atom. The fourth-order valence-electron chi connectivity index (χ4n) is 2.00. The van der Waals surface area contributed by atoms with E-state index in [9.17, 15) is 0 Å². The molecule has 1 aromatic heterocycles. The van der Waals surface area contributed by atoms with Crippen LogP contribution in [0.25, 0.3) is 11.3 Å². The Bertz CT molecular complexity index is 546. The number of aryl methyl sites for hydroxylation is 1. The molecule has 0 aliphatic heterocycles. The molecular weight excluding hydrogens is 302 g/mol. The molecule has 0 amide bonds. The Hall–Kier alpha value is -1.13. The Labute approximate surface area is 123 Å². The van der Waals surface area contributed by atoms with Crippen molar-refractivity contribution >= 4 is 15.9 Å². The second-order valence-corrected chi connectivity index (χ2v) is 6.11. The van der Waals surface area contributed by atoms with Crippen molar-refractivity contribution in [2.75, 3.05) is 6.54 Å². The third-order valence-corrected chi connectivity index (χ3v) is 3.37. The molecule has 102 valence electrons. The molecule has 0 atom stereocenters. The van der Waals surface area contributed by atoms with Crippen LogP contribution < -0.4 is 5.32 Å². The Morgan fingerprint density at radius 1 is 1.37 bits per heavy atom. The van der Waals surface area contributed by atoms with Crippen LogP contribution in [0.15, 0.2) is 28.7 Å². The third-order valence-electron chi connectivity index (χ3n) is 2.88. The molecule has 2 N–H and O–H groups in total. The number of nitrogens with one attached hydrogen (secondary N) is 2. The Morgan fingerprint density at radius 3 is 2.84 bits per heavy atom. The largest absolute Gasteiger partial charge is 0.344 e. The second kappa shape index (κ2) is 6.35. The van der Waals surface area contributed by atoms with E-state index in [1.807, 2.05) is 12.1 Å². The predicted octanol–water partition coefficient (Wildman–Crippen LogP) is 3.89. The van der Waals surface area contributed by atoms with Crippen molar-refractivity contribution in [1.82, 2.24) is 15.3 Å². The summed E-state index contributed by atoms with van der Waals surface area (Å²) in [6, 6.07) is 8.23. The van der Waals surface area contributed by atoms with Gasteiger partial charge in [-0.2, -0.15) is 0 Å². The summed E-state index contributed by atoms with van der Waals surface area (Å²) in [4.78, 5) is 8.03. The van der Waals surface area contributed by atoms with Gasteiger partial charge in [0.15, 0.2) is 0 Å². The summed E-state index contributed by atoms with van der Waals surface area (Å²) >= 11 is 3.50. The number of H-pyrrole nitrogens is 1. The van der Waals surface area contributed by atoms with Gasteiger partial charge < -0.3 is 10.3 Å². The number of hydrogen-bond donors (Lipinski definition) is 2. The molecule has 0 saturated heterocycles. The van der Waals surface area contributed by atoms with E-state index in [0.717, 1.165) is 40.3 Å². The number of benzene rings is 1. The summed E-state index contributed by atoms with van der Waals surface area (Å²) in [5.41, 5.74) is 3.28. The van der Waals surface area contributed by atoms with Crippen molar-refractivity contribution in [3.05, 3.63) is 40.3 Å². The molecule has 0 aliphatic carbocycles. The van der Waals surface area contributed by atoms with E-state index in [0.29, 0.717) is 5.92 Å². The summed E-state index contributed by atoms with van der Waals surface area (Å²) in [7, 11) is 0. The van der Waals surface area contributed by atoms with E-state index in [4.69, 9.17) is 0 Å². The number of aromatic amines is 1. The molecule has 2 aromatic rings. The average molecular weight is 322 g/mol. The summed E-state index contributed by atoms with van der Waals surface area (Å²) in [5, 5.41) is 3.40. The Balaban J connectivity index is 2.12. The van der Waals surface area contributed by atoms with Crippen LogP contribution in [0.1, 0.15) is 25.4 Å². The molecule has 1 heterocycles. The van der Waals surface area contributed by atoms with E-state index < -0.39 is 0 Å². The molecule has 0 aliphatic rings. The van der Waals surface area contributed by atoms with Gasteiger partial charge in [0, 0.05) is 15.7 Å². The normalized spacial score (nSPS) is 11.2. The van der Waals surface area contributed by atoms with Gasteiger partial charge in [-0.25, -0.2) is 4.98 Å². The molecule has 1 aromatic carbocycles. The van der Waals surface area contributed by atoms with Gasteiger partial charge in [-0.15, -0.1) is 0 Å². The van der Waals surface area contributed by atoms with Crippen LogP contribution in [0.4, 0.5) is 0 Å². The van der Waals surface area contributed by atoms with Gasteiger partial charge in [0.05, 0.1) is 12.2 Å². The first-order valence-electron chi connectivity index (χ1n) is 6.58. The standard InChI is InChI=1S/C15H20BrN3/c1-10(2)8-17-9-14-18-11(3)15(19-14)12-5-4-6-13(16)7-12/h4-7,10,17H,8-9H2,1-3H3,(H,18,19). The zero-order valence-electron chi connectivity index (χ0n) is 11.6. The van der Waals surface area contributed by atoms with E-state index in [-0.39, 0.29) is 0 Å². The summed E-state index contributed by atoms with van der Waals surface area (Å²) in [6.07, 6.45) is 0. The van der Waals surface area contributed by atoms with Crippen LogP contribution in [0.5, 0.6) is 0 Å². The van der Waals surface area contributed by atoms with Gasteiger partial charge in [-0.1, -0.05) is 41.9 Å². The predicted molar refractivity (Wildman–Crippen MR) is 83.0 cm³/mol. The van der Waals surface area contributed by atoms with Gasteiger partial charge in [0.25, 0.3) is 0 Å². The Kier molecular flexibility index (Phi) is 4.77. The van der Waals surface area contributed by atoms with Crippen molar-refractivity contribution in [3.8, 4) is 11.3 Å². The molecule has 2 rings (SSSR count). The fourth-order valence-corrected chi connectivity index (χ4v) is 2.40. The number of hydrogen-bond acceptors (Lipinski definition) is 2. The first kappa shape index (κ1) is 14.3. The van der Waals surface area contributed by atoms with Crippen LogP contribution in [0, 0.1) is 12.8 Å².